The number of hydrogen-bond donors (Lipinski definition) is 3. The fraction of sp³-hybridized carbons (Fsp3) is 0.500. The second-order valence-electron chi connectivity index (χ2n) is 4.69. The highest BCUT2D eigenvalue weighted by Crippen LogP contribution is 2.13. The van der Waals surface area contributed by atoms with Gasteiger partial charge in [0.25, 0.3) is 0 Å². The molecular formula is C14H20N2O2. The van der Waals surface area contributed by atoms with Crippen LogP contribution in [0.3, 0.4) is 0 Å². The monoisotopic (exact) mass is 248 g/mol. The number of hydrogen-bond acceptors (Lipinski definition) is 4. The molecule has 0 radical (unpaired) electrons. The molecule has 0 aliphatic heterocycles. The summed E-state index contributed by atoms with van der Waals surface area (Å²) in [5.74, 6) is 0.308. The van der Waals surface area contributed by atoms with Gasteiger partial charge in [0.15, 0.2) is 0 Å². The summed E-state index contributed by atoms with van der Waals surface area (Å²) in [5.41, 5.74) is 1.34. The van der Waals surface area contributed by atoms with E-state index in [1.54, 1.807) is 24.3 Å². The van der Waals surface area contributed by atoms with Crippen molar-refractivity contribution >= 4 is 0 Å². The van der Waals surface area contributed by atoms with Crippen LogP contribution in [0.5, 0.6) is 0 Å². The van der Waals surface area contributed by atoms with Gasteiger partial charge < -0.3 is 15.5 Å². The van der Waals surface area contributed by atoms with Gasteiger partial charge in [0.05, 0.1) is 24.3 Å². The molecule has 0 fully saturated rings. The fourth-order valence-electron chi connectivity index (χ4n) is 1.67. The molecule has 0 aliphatic carbocycles. The van der Waals surface area contributed by atoms with Gasteiger partial charge in [-0.05, 0) is 23.6 Å². The number of nitriles is 1. The number of aliphatic hydroxyl groups excluding tert-OH is 2. The van der Waals surface area contributed by atoms with Crippen molar-refractivity contribution in [2.45, 2.75) is 26.0 Å². The predicted octanol–water partition coefficient (Wildman–Crippen LogP) is 1.20. The number of nitrogens with one attached hydrogen (secondary N) is 1. The zero-order chi connectivity index (χ0) is 13.5. The van der Waals surface area contributed by atoms with Gasteiger partial charge in [-0.3, -0.25) is 0 Å². The lowest BCUT2D eigenvalue weighted by Gasteiger charge is -2.22. The Morgan fingerprint density at radius 2 is 1.89 bits per heavy atom. The third kappa shape index (κ3) is 4.11. The summed E-state index contributed by atoms with van der Waals surface area (Å²) in [4.78, 5) is 0. The SMILES string of the molecule is CC(C)C(CO)NCC(O)c1ccc(C#N)cc1. The van der Waals surface area contributed by atoms with Gasteiger partial charge in [-0.2, -0.15) is 5.26 Å². The molecule has 0 amide bonds. The Labute approximate surface area is 108 Å². The van der Waals surface area contributed by atoms with Crippen molar-refractivity contribution in [2.75, 3.05) is 13.2 Å². The van der Waals surface area contributed by atoms with Crippen molar-refractivity contribution < 1.29 is 10.2 Å². The molecule has 1 rings (SSSR count). The van der Waals surface area contributed by atoms with E-state index in [0.717, 1.165) is 5.56 Å². The summed E-state index contributed by atoms with van der Waals surface area (Å²) in [6.07, 6.45) is -0.634. The summed E-state index contributed by atoms with van der Waals surface area (Å²) in [6, 6.07) is 8.88. The van der Waals surface area contributed by atoms with Crippen molar-refractivity contribution in [2.24, 2.45) is 5.92 Å². The average molecular weight is 248 g/mol. The smallest absolute Gasteiger partial charge is 0.0991 e. The van der Waals surface area contributed by atoms with Gasteiger partial charge in [0, 0.05) is 12.6 Å². The van der Waals surface area contributed by atoms with Crippen molar-refractivity contribution in [3.05, 3.63) is 35.4 Å². The highest BCUT2D eigenvalue weighted by molar-refractivity contribution is 5.32. The van der Waals surface area contributed by atoms with Crippen LogP contribution in [-0.4, -0.2) is 29.4 Å². The highest BCUT2D eigenvalue weighted by atomic mass is 16.3. The summed E-state index contributed by atoms with van der Waals surface area (Å²) < 4.78 is 0. The molecule has 2 unspecified atom stereocenters. The maximum absolute atomic E-state index is 9.98. The summed E-state index contributed by atoms with van der Waals surface area (Å²) in [7, 11) is 0. The van der Waals surface area contributed by atoms with Crippen LogP contribution < -0.4 is 5.32 Å². The maximum Gasteiger partial charge on any atom is 0.0991 e. The first-order chi connectivity index (χ1) is 8.58. The molecule has 4 nitrogen and oxygen atoms in total. The van der Waals surface area contributed by atoms with E-state index in [-0.39, 0.29) is 12.6 Å². The van der Waals surface area contributed by atoms with E-state index in [2.05, 4.69) is 5.32 Å². The van der Waals surface area contributed by atoms with Gasteiger partial charge in [-0.15, -0.1) is 0 Å². The molecule has 0 aliphatic rings. The molecule has 0 aromatic heterocycles. The van der Waals surface area contributed by atoms with Crippen LogP contribution >= 0.6 is 0 Å². The zero-order valence-corrected chi connectivity index (χ0v) is 10.8. The van der Waals surface area contributed by atoms with E-state index in [0.29, 0.717) is 18.0 Å². The van der Waals surface area contributed by atoms with Crippen LogP contribution in [0, 0.1) is 17.2 Å². The Morgan fingerprint density at radius 3 is 2.33 bits per heavy atom. The van der Waals surface area contributed by atoms with E-state index >= 15 is 0 Å². The highest BCUT2D eigenvalue weighted by Gasteiger charge is 2.14. The lowest BCUT2D eigenvalue weighted by molar-refractivity contribution is 0.148. The third-order valence-electron chi connectivity index (χ3n) is 3.00. The largest absolute Gasteiger partial charge is 0.395 e. The fourth-order valence-corrected chi connectivity index (χ4v) is 1.67. The first-order valence-electron chi connectivity index (χ1n) is 6.10. The number of aliphatic hydroxyl groups is 2. The number of rotatable bonds is 6. The molecular weight excluding hydrogens is 228 g/mol. The molecule has 18 heavy (non-hydrogen) atoms. The predicted molar refractivity (Wildman–Crippen MR) is 69.8 cm³/mol. The van der Waals surface area contributed by atoms with Gasteiger partial charge >= 0.3 is 0 Å². The molecule has 0 bridgehead atoms. The Balaban J connectivity index is 2.54. The van der Waals surface area contributed by atoms with Crippen molar-refractivity contribution in [1.82, 2.24) is 5.32 Å². The first-order valence-corrected chi connectivity index (χ1v) is 6.10. The molecule has 4 heteroatoms. The third-order valence-corrected chi connectivity index (χ3v) is 3.00. The minimum atomic E-state index is -0.634. The first kappa shape index (κ1) is 14.7. The molecule has 98 valence electrons. The average Bonchev–Trinajstić information content (AvgIpc) is 2.39. The molecule has 1 aromatic rings. The lowest BCUT2D eigenvalue weighted by atomic mass is 10.0. The van der Waals surface area contributed by atoms with E-state index in [9.17, 15) is 5.11 Å². The lowest BCUT2D eigenvalue weighted by Crippen LogP contribution is -2.39. The Kier molecular flexibility index (Phi) is 5.79. The number of nitrogens with zero attached hydrogens (tertiary/aromatic N) is 1. The zero-order valence-electron chi connectivity index (χ0n) is 10.8. The van der Waals surface area contributed by atoms with Gasteiger partial charge in [0.2, 0.25) is 0 Å². The van der Waals surface area contributed by atoms with Crippen LogP contribution in [0.2, 0.25) is 0 Å². The van der Waals surface area contributed by atoms with Crippen molar-refractivity contribution in [1.29, 1.82) is 5.26 Å². The van der Waals surface area contributed by atoms with Crippen molar-refractivity contribution in [3.63, 3.8) is 0 Å². The quantitative estimate of drug-likeness (QED) is 0.707. The molecule has 0 heterocycles. The number of benzene rings is 1. The molecule has 1 aromatic carbocycles. The van der Waals surface area contributed by atoms with Crippen molar-refractivity contribution in [3.8, 4) is 6.07 Å². The summed E-state index contributed by atoms with van der Waals surface area (Å²) in [5, 5.41) is 31.0. The Hall–Kier alpha value is -1.41. The topological polar surface area (TPSA) is 76.3 Å². The molecule has 0 saturated carbocycles. The van der Waals surface area contributed by atoms with E-state index < -0.39 is 6.10 Å². The van der Waals surface area contributed by atoms with Gasteiger partial charge in [-0.25, -0.2) is 0 Å². The minimum absolute atomic E-state index is 0.0157. The van der Waals surface area contributed by atoms with E-state index in [1.165, 1.54) is 0 Å². The second kappa shape index (κ2) is 7.12. The summed E-state index contributed by atoms with van der Waals surface area (Å²) in [6.45, 7) is 4.47. The standard InChI is InChI=1S/C14H20N2O2/c1-10(2)13(9-17)16-8-14(18)12-5-3-11(7-15)4-6-12/h3-6,10,13-14,16-18H,8-9H2,1-2H3. The van der Waals surface area contributed by atoms with E-state index in [1.807, 2.05) is 19.9 Å². The Bertz CT molecular complexity index is 395. The normalized spacial score (nSPS) is 14.2. The van der Waals surface area contributed by atoms with Crippen LogP contribution in [-0.2, 0) is 0 Å². The summed E-state index contributed by atoms with van der Waals surface area (Å²) >= 11 is 0. The van der Waals surface area contributed by atoms with E-state index in [4.69, 9.17) is 10.4 Å². The van der Waals surface area contributed by atoms with Crippen LogP contribution in [0.25, 0.3) is 0 Å². The Morgan fingerprint density at radius 1 is 1.28 bits per heavy atom. The van der Waals surface area contributed by atoms with Gasteiger partial charge in [0.1, 0.15) is 0 Å². The van der Waals surface area contributed by atoms with Crippen LogP contribution in [0.4, 0.5) is 0 Å². The second-order valence-corrected chi connectivity index (χ2v) is 4.69. The molecule has 0 spiro atoms. The van der Waals surface area contributed by atoms with Crippen LogP contribution in [0.1, 0.15) is 31.1 Å². The molecule has 3 N–H and O–H groups in total. The minimum Gasteiger partial charge on any atom is -0.395 e. The maximum atomic E-state index is 9.98. The van der Waals surface area contributed by atoms with Gasteiger partial charge in [-0.1, -0.05) is 26.0 Å². The molecule has 2 atom stereocenters. The molecule has 0 saturated heterocycles. The van der Waals surface area contributed by atoms with Crippen LogP contribution in [0.15, 0.2) is 24.3 Å².